The van der Waals surface area contributed by atoms with Gasteiger partial charge in [0.25, 0.3) is 0 Å². The predicted molar refractivity (Wildman–Crippen MR) is 108 cm³/mol. The molecule has 0 aliphatic carbocycles. The van der Waals surface area contributed by atoms with E-state index in [0.717, 1.165) is 0 Å². The van der Waals surface area contributed by atoms with Crippen molar-refractivity contribution in [3.8, 4) is 0 Å². The number of rotatable bonds is 4. The van der Waals surface area contributed by atoms with Crippen molar-refractivity contribution in [2.24, 2.45) is 0 Å². The van der Waals surface area contributed by atoms with Gasteiger partial charge < -0.3 is 0 Å². The van der Waals surface area contributed by atoms with Crippen LogP contribution in [0.5, 0.6) is 0 Å². The average Bonchev–Trinajstić information content (AvgIpc) is 2.61. The van der Waals surface area contributed by atoms with Crippen LogP contribution in [0, 0.1) is 0 Å². The predicted octanol–water partition coefficient (Wildman–Crippen LogP) is 4.28. The molecule has 0 atom stereocenters. The lowest BCUT2D eigenvalue weighted by Gasteiger charge is -2.33. The third-order valence-corrected chi connectivity index (χ3v) is 8.16. The number of benzene rings is 3. The Labute approximate surface area is 146 Å². The summed E-state index contributed by atoms with van der Waals surface area (Å²) in [5.41, 5.74) is -0.00466. The van der Waals surface area contributed by atoms with Crippen molar-refractivity contribution in [2.75, 3.05) is 0 Å². The molecule has 0 radical (unpaired) electrons. The van der Waals surface area contributed by atoms with E-state index in [4.69, 9.17) is 0 Å². The van der Waals surface area contributed by atoms with Crippen LogP contribution in [0.1, 0.15) is 20.8 Å². The molecule has 3 aromatic carbocycles. The molecule has 3 aromatic rings. The van der Waals surface area contributed by atoms with Gasteiger partial charge in [-0.3, -0.25) is 0 Å². The molecule has 0 fully saturated rings. The smallest absolute Gasteiger partial charge is 0.173 e. The van der Waals surface area contributed by atoms with Gasteiger partial charge in [0, 0.05) is 5.54 Å². The zero-order chi connectivity index (χ0) is 17.0. The summed E-state index contributed by atoms with van der Waals surface area (Å²) in [4.78, 5) is 0. The number of hydrogen-bond donors (Lipinski definition) is 1. The van der Waals surface area contributed by atoms with E-state index < -0.39 is 7.41 Å². The van der Waals surface area contributed by atoms with Gasteiger partial charge in [-0.15, -0.1) is 0 Å². The van der Waals surface area contributed by atoms with Crippen LogP contribution in [0.4, 0.5) is 0 Å². The first kappa shape index (κ1) is 16.9. The van der Waals surface area contributed by atoms with Crippen molar-refractivity contribution >= 4 is 23.3 Å². The maximum atomic E-state index is 4.03. The van der Waals surface area contributed by atoms with Crippen molar-refractivity contribution in [3.63, 3.8) is 0 Å². The maximum absolute atomic E-state index is 4.03. The van der Waals surface area contributed by atoms with Gasteiger partial charge in [-0.2, -0.15) is 5.09 Å². The Balaban J connectivity index is 2.33. The third kappa shape index (κ3) is 3.43. The largest absolute Gasteiger partial charge is 0.178 e. The highest BCUT2D eigenvalue weighted by Crippen LogP contribution is 2.52. The molecule has 0 aromatic heterocycles. The van der Waals surface area contributed by atoms with Gasteiger partial charge in [0.2, 0.25) is 0 Å². The lowest BCUT2D eigenvalue weighted by atomic mass is 10.1. The summed E-state index contributed by atoms with van der Waals surface area (Å²) in [5, 5.41) is 8.11. The molecular formula is C22H25NP+. The molecule has 24 heavy (non-hydrogen) atoms. The first-order chi connectivity index (χ1) is 11.5. The fourth-order valence-corrected chi connectivity index (χ4v) is 7.24. The van der Waals surface area contributed by atoms with E-state index in [1.807, 2.05) is 0 Å². The van der Waals surface area contributed by atoms with Crippen LogP contribution in [0.3, 0.4) is 0 Å². The zero-order valence-electron chi connectivity index (χ0n) is 14.6. The van der Waals surface area contributed by atoms with Gasteiger partial charge in [0.05, 0.1) is 0 Å². The molecule has 0 heterocycles. The summed E-state index contributed by atoms with van der Waals surface area (Å²) < 4.78 is 0. The molecule has 1 N–H and O–H groups in total. The monoisotopic (exact) mass is 334 g/mol. The molecule has 2 heteroatoms. The van der Waals surface area contributed by atoms with Crippen LogP contribution in [-0.2, 0) is 0 Å². The quantitative estimate of drug-likeness (QED) is 0.702. The molecule has 0 aliphatic heterocycles. The standard InChI is InChI=1S/C22H25NP/c1-22(2,3)23-24(19-13-7-4-8-14-19,20-15-9-5-10-16-20)21-17-11-6-12-18-21/h4-18,23H,1-3H3/q+1. The summed E-state index contributed by atoms with van der Waals surface area (Å²) in [5.74, 6) is 0. The Morgan fingerprint density at radius 2 is 0.833 bits per heavy atom. The van der Waals surface area contributed by atoms with Crippen molar-refractivity contribution in [2.45, 2.75) is 26.3 Å². The highest BCUT2D eigenvalue weighted by Gasteiger charge is 2.48. The summed E-state index contributed by atoms with van der Waals surface area (Å²) in [7, 11) is -1.92. The topological polar surface area (TPSA) is 12.0 Å². The molecule has 0 bridgehead atoms. The molecule has 122 valence electrons. The van der Waals surface area contributed by atoms with Gasteiger partial charge in [-0.05, 0) is 57.2 Å². The van der Waals surface area contributed by atoms with Crippen LogP contribution in [0.25, 0.3) is 0 Å². The second kappa shape index (κ2) is 6.89. The Morgan fingerprint density at radius 1 is 0.542 bits per heavy atom. The van der Waals surface area contributed by atoms with Crippen LogP contribution >= 0.6 is 7.41 Å². The van der Waals surface area contributed by atoms with Crippen LogP contribution in [0.15, 0.2) is 91.0 Å². The lowest BCUT2D eigenvalue weighted by molar-refractivity contribution is 0.529. The number of hydrogen-bond acceptors (Lipinski definition) is 1. The fourth-order valence-electron chi connectivity index (χ4n) is 3.10. The minimum Gasteiger partial charge on any atom is -0.173 e. The molecule has 0 unspecified atom stereocenters. The normalized spacial score (nSPS) is 12.1. The van der Waals surface area contributed by atoms with Gasteiger partial charge >= 0.3 is 0 Å². The van der Waals surface area contributed by atoms with Gasteiger partial charge in [0.1, 0.15) is 15.9 Å². The van der Waals surface area contributed by atoms with Crippen LogP contribution in [-0.4, -0.2) is 5.54 Å². The highest BCUT2D eigenvalue weighted by molar-refractivity contribution is 7.94. The Bertz CT molecular complexity index is 665. The molecule has 0 saturated heterocycles. The SMILES string of the molecule is CC(C)(C)N[P+](c1ccccc1)(c1ccccc1)c1ccccc1. The van der Waals surface area contributed by atoms with E-state index in [2.05, 4.69) is 117 Å². The summed E-state index contributed by atoms with van der Waals surface area (Å²) in [6.07, 6.45) is 0. The summed E-state index contributed by atoms with van der Waals surface area (Å²) in [6, 6.07) is 32.6. The molecule has 0 spiro atoms. The lowest BCUT2D eigenvalue weighted by Crippen LogP contribution is -2.48. The van der Waals surface area contributed by atoms with E-state index in [9.17, 15) is 0 Å². The zero-order valence-corrected chi connectivity index (χ0v) is 15.5. The van der Waals surface area contributed by atoms with Crippen molar-refractivity contribution in [1.82, 2.24) is 5.09 Å². The fraction of sp³-hybridized carbons (Fsp3) is 0.182. The Morgan fingerprint density at radius 3 is 1.08 bits per heavy atom. The van der Waals surface area contributed by atoms with E-state index in [0.29, 0.717) is 0 Å². The molecular weight excluding hydrogens is 309 g/mol. The van der Waals surface area contributed by atoms with Gasteiger partial charge in [-0.25, -0.2) is 0 Å². The molecule has 3 rings (SSSR count). The summed E-state index contributed by atoms with van der Waals surface area (Å²) >= 11 is 0. The van der Waals surface area contributed by atoms with Crippen molar-refractivity contribution in [1.29, 1.82) is 0 Å². The average molecular weight is 334 g/mol. The molecule has 0 amide bonds. The van der Waals surface area contributed by atoms with Crippen molar-refractivity contribution in [3.05, 3.63) is 91.0 Å². The highest BCUT2D eigenvalue weighted by atomic mass is 31.2. The van der Waals surface area contributed by atoms with Gasteiger partial charge in [-0.1, -0.05) is 54.6 Å². The van der Waals surface area contributed by atoms with E-state index in [-0.39, 0.29) is 5.54 Å². The minimum atomic E-state index is -1.92. The molecule has 1 nitrogen and oxygen atoms in total. The van der Waals surface area contributed by atoms with Crippen molar-refractivity contribution < 1.29 is 0 Å². The first-order valence-corrected chi connectivity index (χ1v) is 10.2. The molecule has 0 aliphatic rings. The second-order valence-corrected chi connectivity index (χ2v) is 10.2. The minimum absolute atomic E-state index is 0.00466. The number of nitrogens with one attached hydrogen (secondary N) is 1. The second-order valence-electron chi connectivity index (χ2n) is 7.04. The van der Waals surface area contributed by atoms with E-state index >= 15 is 0 Å². The van der Waals surface area contributed by atoms with E-state index in [1.54, 1.807) is 0 Å². The molecule has 0 saturated carbocycles. The Hall–Kier alpha value is -1.95. The Kier molecular flexibility index (Phi) is 4.85. The van der Waals surface area contributed by atoms with E-state index in [1.165, 1.54) is 15.9 Å². The van der Waals surface area contributed by atoms with Gasteiger partial charge in [0.15, 0.2) is 7.41 Å². The van der Waals surface area contributed by atoms with Crippen LogP contribution in [0.2, 0.25) is 0 Å². The third-order valence-electron chi connectivity index (χ3n) is 3.93. The van der Waals surface area contributed by atoms with Crippen LogP contribution < -0.4 is 21.0 Å². The summed E-state index contributed by atoms with van der Waals surface area (Å²) in [6.45, 7) is 6.74. The first-order valence-electron chi connectivity index (χ1n) is 8.38. The maximum Gasteiger partial charge on any atom is 0.178 e.